The summed E-state index contributed by atoms with van der Waals surface area (Å²) >= 11 is 0. The second-order valence-corrected chi connectivity index (χ2v) is 12.9. The number of anilines is 2. The zero-order valence-corrected chi connectivity index (χ0v) is 24.5. The summed E-state index contributed by atoms with van der Waals surface area (Å²) in [4.78, 5) is 0. The molecule has 42 heavy (non-hydrogen) atoms. The lowest BCUT2D eigenvalue weighted by Crippen LogP contribution is -2.11. The number of hydrogen-bond acceptors (Lipinski definition) is 2. The molecule has 2 aliphatic rings. The Morgan fingerprint density at radius 3 is 1.76 bits per heavy atom. The van der Waals surface area contributed by atoms with Crippen molar-refractivity contribution in [1.82, 2.24) is 0 Å². The molecule has 2 saturated carbocycles. The van der Waals surface area contributed by atoms with Crippen LogP contribution in [0, 0.1) is 0 Å². The Kier molecular flexibility index (Phi) is 6.32. The molecule has 2 aliphatic carbocycles. The van der Waals surface area contributed by atoms with Crippen LogP contribution < -0.4 is 11.5 Å². The van der Waals surface area contributed by atoms with Crippen LogP contribution in [0.5, 0.6) is 0 Å². The third-order valence-corrected chi connectivity index (χ3v) is 10.5. The van der Waals surface area contributed by atoms with Crippen LogP contribution in [0.15, 0.2) is 84.9 Å². The highest BCUT2D eigenvalue weighted by Crippen LogP contribution is 2.54. The van der Waals surface area contributed by atoms with Crippen molar-refractivity contribution in [2.75, 3.05) is 11.5 Å². The Hall–Kier alpha value is -4.04. The summed E-state index contributed by atoms with van der Waals surface area (Å²) in [5.74, 6) is 1.06. The predicted molar refractivity (Wildman–Crippen MR) is 181 cm³/mol. The van der Waals surface area contributed by atoms with Crippen molar-refractivity contribution in [2.24, 2.45) is 0 Å². The van der Waals surface area contributed by atoms with Gasteiger partial charge < -0.3 is 11.5 Å². The van der Waals surface area contributed by atoms with E-state index < -0.39 is 0 Å². The van der Waals surface area contributed by atoms with E-state index in [4.69, 9.17) is 11.5 Å². The Bertz CT molecular complexity index is 1890. The SMILES string of the molecule is Nc1cc(C2CCCCC2)c2ccc3c(N)c(-c4ccccc4)c(C4CCCCC4)c4c(-c5ccccc5)cc1c2c34. The molecule has 0 amide bonds. The smallest absolute Gasteiger partial charge is 0.0477 e. The molecule has 0 aromatic heterocycles. The van der Waals surface area contributed by atoms with Gasteiger partial charge in [0.1, 0.15) is 0 Å². The van der Waals surface area contributed by atoms with Crippen LogP contribution in [0.2, 0.25) is 0 Å². The van der Waals surface area contributed by atoms with Crippen LogP contribution in [0.1, 0.15) is 87.2 Å². The molecule has 210 valence electrons. The summed E-state index contributed by atoms with van der Waals surface area (Å²) in [6.45, 7) is 0. The molecule has 0 aliphatic heterocycles. The molecule has 8 rings (SSSR count). The van der Waals surface area contributed by atoms with Gasteiger partial charge in [0.05, 0.1) is 0 Å². The molecule has 0 radical (unpaired) electrons. The van der Waals surface area contributed by atoms with E-state index in [2.05, 4.69) is 84.9 Å². The van der Waals surface area contributed by atoms with E-state index >= 15 is 0 Å². The van der Waals surface area contributed by atoms with Crippen molar-refractivity contribution < 1.29 is 0 Å². The minimum atomic E-state index is 0.485. The number of nitrogen functional groups attached to an aromatic ring is 2. The van der Waals surface area contributed by atoms with Crippen LogP contribution in [-0.4, -0.2) is 0 Å². The van der Waals surface area contributed by atoms with Gasteiger partial charge in [-0.05, 0) is 93.6 Å². The van der Waals surface area contributed by atoms with Gasteiger partial charge in [-0.3, -0.25) is 0 Å². The molecule has 0 atom stereocenters. The van der Waals surface area contributed by atoms with Crippen LogP contribution in [0.25, 0.3) is 54.6 Å². The zero-order chi connectivity index (χ0) is 28.2. The van der Waals surface area contributed by atoms with Crippen LogP contribution >= 0.6 is 0 Å². The second-order valence-electron chi connectivity index (χ2n) is 12.9. The van der Waals surface area contributed by atoms with Crippen LogP contribution in [0.4, 0.5) is 11.4 Å². The van der Waals surface area contributed by atoms with Crippen LogP contribution in [-0.2, 0) is 0 Å². The van der Waals surface area contributed by atoms with Crippen molar-refractivity contribution in [3.63, 3.8) is 0 Å². The normalized spacial score (nSPS) is 17.0. The maximum atomic E-state index is 7.34. The largest absolute Gasteiger partial charge is 0.398 e. The molecule has 2 heteroatoms. The lowest BCUT2D eigenvalue weighted by atomic mass is 9.73. The highest BCUT2D eigenvalue weighted by Gasteiger charge is 2.30. The van der Waals surface area contributed by atoms with Crippen molar-refractivity contribution >= 4 is 43.7 Å². The van der Waals surface area contributed by atoms with E-state index in [1.54, 1.807) is 0 Å². The fourth-order valence-corrected chi connectivity index (χ4v) is 8.58. The Labute approximate surface area is 249 Å². The first-order valence-electron chi connectivity index (χ1n) is 16.2. The molecular formula is C40H40N2. The summed E-state index contributed by atoms with van der Waals surface area (Å²) in [7, 11) is 0. The Morgan fingerprint density at radius 2 is 1.10 bits per heavy atom. The monoisotopic (exact) mass is 548 g/mol. The van der Waals surface area contributed by atoms with E-state index in [0.717, 1.165) is 11.4 Å². The molecule has 0 bridgehead atoms. The molecule has 6 aromatic carbocycles. The molecule has 0 unspecified atom stereocenters. The number of hydrogen-bond donors (Lipinski definition) is 2. The second kappa shape index (κ2) is 10.3. The quantitative estimate of drug-likeness (QED) is 0.170. The van der Waals surface area contributed by atoms with E-state index in [-0.39, 0.29) is 0 Å². The molecule has 2 fully saturated rings. The fourth-order valence-electron chi connectivity index (χ4n) is 8.58. The summed E-state index contributed by atoms with van der Waals surface area (Å²) in [6, 6.07) is 31.3. The van der Waals surface area contributed by atoms with Gasteiger partial charge in [-0.25, -0.2) is 0 Å². The van der Waals surface area contributed by atoms with Gasteiger partial charge in [0, 0.05) is 33.1 Å². The summed E-state index contributed by atoms with van der Waals surface area (Å²) in [6.07, 6.45) is 12.8. The third-order valence-electron chi connectivity index (χ3n) is 10.5. The van der Waals surface area contributed by atoms with Crippen molar-refractivity contribution in [2.45, 2.75) is 76.0 Å². The standard InChI is InChI=1S/C40H40N2/c41-34-24-31(25-13-5-1-6-14-25)29-21-22-30-38-37(29)33(34)23-32(26-15-7-2-8-16-26)39(38)35(27-17-9-3-10-18-27)36(40(30)42)28-19-11-4-12-20-28/h2,4,7-8,11-12,15-16,19-25,27H,1,3,5-6,9-10,13-14,17-18,41-42H2. The highest BCUT2D eigenvalue weighted by molar-refractivity contribution is 6.32. The minimum Gasteiger partial charge on any atom is -0.398 e. The summed E-state index contributed by atoms with van der Waals surface area (Å²) < 4.78 is 0. The van der Waals surface area contributed by atoms with Gasteiger partial charge >= 0.3 is 0 Å². The lowest BCUT2D eigenvalue weighted by Gasteiger charge is -2.31. The molecule has 0 spiro atoms. The summed E-state index contributed by atoms with van der Waals surface area (Å²) in [5, 5.41) is 7.76. The average Bonchev–Trinajstić information content (AvgIpc) is 3.06. The molecule has 6 aromatic rings. The Morgan fingerprint density at radius 1 is 0.500 bits per heavy atom. The zero-order valence-electron chi connectivity index (χ0n) is 24.5. The van der Waals surface area contributed by atoms with Crippen LogP contribution in [0.3, 0.4) is 0 Å². The van der Waals surface area contributed by atoms with E-state index in [1.807, 2.05) is 0 Å². The number of rotatable bonds is 4. The van der Waals surface area contributed by atoms with E-state index in [0.29, 0.717) is 11.8 Å². The number of benzene rings is 6. The predicted octanol–water partition coefficient (Wildman–Crippen LogP) is 11.2. The minimum absolute atomic E-state index is 0.485. The molecule has 0 saturated heterocycles. The maximum Gasteiger partial charge on any atom is 0.0477 e. The third kappa shape index (κ3) is 3.99. The maximum absolute atomic E-state index is 7.34. The van der Waals surface area contributed by atoms with Crippen molar-refractivity contribution in [3.05, 3.63) is 96.1 Å². The van der Waals surface area contributed by atoms with Gasteiger partial charge in [-0.15, -0.1) is 0 Å². The molecule has 2 nitrogen and oxygen atoms in total. The fraction of sp³-hybridized carbons (Fsp3) is 0.300. The molecular weight excluding hydrogens is 508 g/mol. The van der Waals surface area contributed by atoms with E-state index in [9.17, 15) is 0 Å². The van der Waals surface area contributed by atoms with Gasteiger partial charge in [-0.2, -0.15) is 0 Å². The number of nitrogens with two attached hydrogens (primary N) is 2. The average molecular weight is 549 g/mol. The van der Waals surface area contributed by atoms with Gasteiger partial charge in [0.15, 0.2) is 0 Å². The van der Waals surface area contributed by atoms with Crippen molar-refractivity contribution in [3.8, 4) is 22.3 Å². The first-order chi connectivity index (χ1) is 20.7. The summed E-state index contributed by atoms with van der Waals surface area (Å²) in [5.41, 5.74) is 24.1. The molecule has 0 heterocycles. The van der Waals surface area contributed by atoms with Crippen molar-refractivity contribution in [1.29, 1.82) is 0 Å². The van der Waals surface area contributed by atoms with Gasteiger partial charge in [-0.1, -0.05) is 111 Å². The first-order valence-corrected chi connectivity index (χ1v) is 16.2. The highest BCUT2D eigenvalue weighted by atomic mass is 14.6. The first kappa shape index (κ1) is 25.7. The van der Waals surface area contributed by atoms with Gasteiger partial charge in [0.2, 0.25) is 0 Å². The van der Waals surface area contributed by atoms with Gasteiger partial charge in [0.25, 0.3) is 0 Å². The molecule has 4 N–H and O–H groups in total. The topological polar surface area (TPSA) is 52.0 Å². The van der Waals surface area contributed by atoms with E-state index in [1.165, 1.54) is 130 Å². The lowest BCUT2D eigenvalue weighted by molar-refractivity contribution is 0.445. The Balaban J connectivity index is 1.58.